The summed E-state index contributed by atoms with van der Waals surface area (Å²) in [5.74, 6) is -0.0365. The maximum atomic E-state index is 11.8. The highest BCUT2D eigenvalue weighted by Gasteiger charge is 2.05. The van der Waals surface area contributed by atoms with E-state index >= 15 is 0 Å². The van der Waals surface area contributed by atoms with Gasteiger partial charge in [-0.25, -0.2) is 0 Å². The molecule has 0 saturated heterocycles. The van der Waals surface area contributed by atoms with Crippen LogP contribution in [0.25, 0.3) is 0 Å². The number of aryl methyl sites for hydroxylation is 2. The molecule has 0 spiro atoms. The largest absolute Gasteiger partial charge is 0.399 e. The summed E-state index contributed by atoms with van der Waals surface area (Å²) in [5.41, 5.74) is 7.80. The smallest absolute Gasteiger partial charge is 0.224 e. The molecule has 0 aliphatic carbocycles. The molecule has 6 heteroatoms. The first-order valence-corrected chi connectivity index (χ1v) is 6.77. The van der Waals surface area contributed by atoms with Gasteiger partial charge in [-0.3, -0.25) is 9.48 Å². The Labute approximate surface area is 122 Å². The van der Waals surface area contributed by atoms with Crippen LogP contribution in [0.5, 0.6) is 0 Å². The van der Waals surface area contributed by atoms with Gasteiger partial charge >= 0.3 is 0 Å². The molecular weight excluding hydrogens is 276 g/mol. The minimum absolute atomic E-state index is 0.0365. The molecule has 1 aromatic heterocycles. The first-order chi connectivity index (χ1) is 9.54. The lowest BCUT2D eigenvalue weighted by atomic mass is 10.2. The summed E-state index contributed by atoms with van der Waals surface area (Å²) in [5, 5.41) is 7.70. The Hall–Kier alpha value is -2.01. The molecule has 5 nitrogen and oxygen atoms in total. The minimum Gasteiger partial charge on any atom is -0.399 e. The fraction of sp³-hybridized carbons (Fsp3) is 0.286. The van der Waals surface area contributed by atoms with E-state index in [1.807, 2.05) is 13.0 Å². The summed E-state index contributed by atoms with van der Waals surface area (Å²) in [6.07, 6.45) is 2.89. The summed E-state index contributed by atoms with van der Waals surface area (Å²) < 4.78 is 1.76. The van der Waals surface area contributed by atoms with Crippen molar-refractivity contribution in [1.29, 1.82) is 0 Å². The second-order valence-corrected chi connectivity index (χ2v) is 5.01. The van der Waals surface area contributed by atoms with Crippen molar-refractivity contribution in [3.05, 3.63) is 41.2 Å². The van der Waals surface area contributed by atoms with Crippen molar-refractivity contribution in [3.63, 3.8) is 0 Å². The Balaban J connectivity index is 1.78. The summed E-state index contributed by atoms with van der Waals surface area (Å²) in [6, 6.07) is 7.12. The van der Waals surface area contributed by atoms with Crippen LogP contribution >= 0.6 is 11.6 Å². The van der Waals surface area contributed by atoms with E-state index in [1.54, 1.807) is 29.1 Å². The van der Waals surface area contributed by atoms with Gasteiger partial charge in [0.2, 0.25) is 5.91 Å². The number of aromatic nitrogens is 2. The molecule has 0 saturated carbocycles. The molecule has 2 rings (SSSR count). The number of amides is 1. The molecule has 0 aliphatic rings. The van der Waals surface area contributed by atoms with Crippen LogP contribution in [0.2, 0.25) is 5.02 Å². The zero-order valence-corrected chi connectivity index (χ0v) is 12.0. The van der Waals surface area contributed by atoms with Gasteiger partial charge in [0.15, 0.2) is 0 Å². The zero-order chi connectivity index (χ0) is 14.5. The van der Waals surface area contributed by atoms with Crippen molar-refractivity contribution >= 4 is 28.9 Å². The lowest BCUT2D eigenvalue weighted by Gasteiger charge is -2.06. The minimum atomic E-state index is -0.0365. The molecule has 0 fully saturated rings. The van der Waals surface area contributed by atoms with Crippen molar-refractivity contribution in [3.8, 4) is 0 Å². The number of nitrogen functional groups attached to an aromatic ring is 1. The molecule has 1 aromatic carbocycles. The van der Waals surface area contributed by atoms with Crippen molar-refractivity contribution in [1.82, 2.24) is 9.78 Å². The van der Waals surface area contributed by atoms with Gasteiger partial charge in [0, 0.05) is 30.5 Å². The van der Waals surface area contributed by atoms with Crippen LogP contribution in [0.3, 0.4) is 0 Å². The van der Waals surface area contributed by atoms with Gasteiger partial charge in [0.1, 0.15) is 0 Å². The number of nitrogens with two attached hydrogens (primary N) is 1. The van der Waals surface area contributed by atoms with Crippen molar-refractivity contribution < 1.29 is 4.79 Å². The standard InChI is InChI=1S/C14H17ClN4O/c1-10-13(15)9-19(18-10)7-3-6-14(20)17-12-5-2-4-11(16)8-12/h2,4-5,8-9H,3,6-7,16H2,1H3,(H,17,20). The number of anilines is 2. The second kappa shape index (κ2) is 6.43. The van der Waals surface area contributed by atoms with E-state index in [0.29, 0.717) is 35.8 Å². The average Bonchev–Trinajstić information content (AvgIpc) is 2.68. The van der Waals surface area contributed by atoms with E-state index in [4.69, 9.17) is 17.3 Å². The van der Waals surface area contributed by atoms with Crippen LogP contribution in [0, 0.1) is 6.92 Å². The van der Waals surface area contributed by atoms with Crippen LogP contribution in [-0.4, -0.2) is 15.7 Å². The average molecular weight is 293 g/mol. The van der Waals surface area contributed by atoms with Gasteiger partial charge in [0.05, 0.1) is 10.7 Å². The van der Waals surface area contributed by atoms with Crippen LogP contribution in [-0.2, 0) is 11.3 Å². The van der Waals surface area contributed by atoms with Crippen molar-refractivity contribution in [2.24, 2.45) is 0 Å². The van der Waals surface area contributed by atoms with Gasteiger partial charge in [0.25, 0.3) is 0 Å². The molecular formula is C14H17ClN4O. The molecule has 3 N–H and O–H groups in total. The highest BCUT2D eigenvalue weighted by atomic mass is 35.5. The third kappa shape index (κ3) is 3.99. The van der Waals surface area contributed by atoms with E-state index in [-0.39, 0.29) is 5.91 Å². The highest BCUT2D eigenvalue weighted by Crippen LogP contribution is 2.14. The maximum Gasteiger partial charge on any atom is 0.224 e. The Morgan fingerprint density at radius 2 is 2.30 bits per heavy atom. The van der Waals surface area contributed by atoms with E-state index in [9.17, 15) is 4.79 Å². The topological polar surface area (TPSA) is 72.9 Å². The molecule has 0 atom stereocenters. The third-order valence-corrected chi connectivity index (χ3v) is 3.22. The van der Waals surface area contributed by atoms with E-state index in [2.05, 4.69) is 10.4 Å². The van der Waals surface area contributed by atoms with Gasteiger partial charge in [-0.15, -0.1) is 0 Å². The van der Waals surface area contributed by atoms with E-state index < -0.39 is 0 Å². The predicted octanol–water partition coefficient (Wildman–Crippen LogP) is 2.85. The monoisotopic (exact) mass is 292 g/mol. The second-order valence-electron chi connectivity index (χ2n) is 4.60. The summed E-state index contributed by atoms with van der Waals surface area (Å²) in [7, 11) is 0. The molecule has 1 heterocycles. The maximum absolute atomic E-state index is 11.8. The fourth-order valence-electron chi connectivity index (χ4n) is 1.85. The number of hydrogen-bond acceptors (Lipinski definition) is 3. The number of carbonyl (C=O) groups is 1. The Morgan fingerprint density at radius 3 is 2.95 bits per heavy atom. The first-order valence-electron chi connectivity index (χ1n) is 6.39. The molecule has 0 aliphatic heterocycles. The summed E-state index contributed by atoms with van der Waals surface area (Å²) in [4.78, 5) is 11.8. The van der Waals surface area contributed by atoms with E-state index in [1.165, 1.54) is 0 Å². The molecule has 106 valence electrons. The Kier molecular flexibility index (Phi) is 4.63. The van der Waals surface area contributed by atoms with Crippen LogP contribution in [0.4, 0.5) is 11.4 Å². The number of carbonyl (C=O) groups excluding carboxylic acids is 1. The predicted molar refractivity (Wildman–Crippen MR) is 80.7 cm³/mol. The van der Waals surface area contributed by atoms with Crippen LogP contribution in [0.15, 0.2) is 30.5 Å². The Bertz CT molecular complexity index is 589. The van der Waals surface area contributed by atoms with Crippen molar-refractivity contribution in [2.75, 3.05) is 11.1 Å². The molecule has 0 radical (unpaired) electrons. The van der Waals surface area contributed by atoms with Gasteiger partial charge in [-0.05, 0) is 31.5 Å². The van der Waals surface area contributed by atoms with Gasteiger partial charge < -0.3 is 11.1 Å². The number of halogens is 1. The third-order valence-electron chi connectivity index (χ3n) is 2.85. The van der Waals surface area contributed by atoms with Crippen LogP contribution < -0.4 is 11.1 Å². The lowest BCUT2D eigenvalue weighted by Crippen LogP contribution is -2.12. The van der Waals surface area contributed by atoms with Crippen LogP contribution in [0.1, 0.15) is 18.5 Å². The Morgan fingerprint density at radius 1 is 1.50 bits per heavy atom. The summed E-state index contributed by atoms with van der Waals surface area (Å²) in [6.45, 7) is 2.52. The molecule has 20 heavy (non-hydrogen) atoms. The van der Waals surface area contributed by atoms with Gasteiger partial charge in [-0.2, -0.15) is 5.10 Å². The molecule has 1 amide bonds. The molecule has 0 unspecified atom stereocenters. The fourth-order valence-corrected chi connectivity index (χ4v) is 2.00. The zero-order valence-electron chi connectivity index (χ0n) is 11.3. The highest BCUT2D eigenvalue weighted by molar-refractivity contribution is 6.31. The number of nitrogens with zero attached hydrogens (tertiary/aromatic N) is 2. The normalized spacial score (nSPS) is 10.5. The number of benzene rings is 1. The lowest BCUT2D eigenvalue weighted by molar-refractivity contribution is -0.116. The van der Waals surface area contributed by atoms with E-state index in [0.717, 1.165) is 5.69 Å². The summed E-state index contributed by atoms with van der Waals surface area (Å²) >= 11 is 5.92. The van der Waals surface area contributed by atoms with Crippen molar-refractivity contribution in [2.45, 2.75) is 26.3 Å². The quantitative estimate of drug-likeness (QED) is 0.832. The molecule has 2 aromatic rings. The van der Waals surface area contributed by atoms with Gasteiger partial charge in [-0.1, -0.05) is 17.7 Å². The molecule has 0 bridgehead atoms. The number of rotatable bonds is 5. The SMILES string of the molecule is Cc1nn(CCCC(=O)Nc2cccc(N)c2)cc1Cl. The number of hydrogen-bond donors (Lipinski definition) is 2. The number of nitrogens with one attached hydrogen (secondary N) is 1. The first kappa shape index (κ1) is 14.4.